The van der Waals surface area contributed by atoms with Gasteiger partial charge in [0.2, 0.25) is 0 Å². The number of fused-ring (bicyclic) bond motifs is 1. The first kappa shape index (κ1) is 18.2. The molecule has 142 valence electrons. The Kier molecular flexibility index (Phi) is 4.90. The average Bonchev–Trinajstić information content (AvgIpc) is 2.75. The maximum absolute atomic E-state index is 12.5. The summed E-state index contributed by atoms with van der Waals surface area (Å²) >= 11 is 0. The molecule has 1 heterocycles. The molecule has 0 spiro atoms. The Labute approximate surface area is 165 Å². The number of hydrogen-bond acceptors (Lipinski definition) is 4. The highest BCUT2D eigenvalue weighted by molar-refractivity contribution is 6.06. The normalized spacial score (nSPS) is 10.5. The van der Waals surface area contributed by atoms with Gasteiger partial charge in [-0.1, -0.05) is 18.2 Å². The monoisotopic (exact) mass is 384 g/mol. The molecule has 0 saturated carbocycles. The Morgan fingerprint density at radius 1 is 0.655 bits per heavy atom. The quantitative estimate of drug-likeness (QED) is 0.514. The second-order valence-corrected chi connectivity index (χ2v) is 6.36. The van der Waals surface area contributed by atoms with Gasteiger partial charge in [0.15, 0.2) is 0 Å². The van der Waals surface area contributed by atoms with E-state index in [4.69, 9.17) is 4.42 Å². The van der Waals surface area contributed by atoms with E-state index in [9.17, 15) is 14.4 Å². The first-order valence-corrected chi connectivity index (χ1v) is 8.90. The lowest BCUT2D eigenvalue weighted by Gasteiger charge is -2.08. The SMILES string of the molecule is O=C(Nc1ccc(C(=O)Nc2ccc3oc(=O)ccc3c2)cc1)c1ccccc1. The summed E-state index contributed by atoms with van der Waals surface area (Å²) in [6, 6.07) is 23.5. The standard InChI is InChI=1S/C23H16N2O4/c26-21-13-8-17-14-19(11-12-20(17)29-21)25-23(28)16-6-9-18(10-7-16)24-22(27)15-4-2-1-3-5-15/h1-14H,(H,24,27)(H,25,28). The molecule has 2 amide bonds. The van der Waals surface area contributed by atoms with E-state index in [0.29, 0.717) is 33.5 Å². The van der Waals surface area contributed by atoms with Gasteiger partial charge in [0.05, 0.1) is 0 Å². The smallest absolute Gasteiger partial charge is 0.336 e. The van der Waals surface area contributed by atoms with Crippen LogP contribution in [0.15, 0.2) is 94.1 Å². The highest BCUT2D eigenvalue weighted by atomic mass is 16.4. The van der Waals surface area contributed by atoms with Crippen LogP contribution in [0, 0.1) is 0 Å². The van der Waals surface area contributed by atoms with Crippen molar-refractivity contribution in [2.24, 2.45) is 0 Å². The van der Waals surface area contributed by atoms with E-state index in [0.717, 1.165) is 0 Å². The molecule has 6 heteroatoms. The molecule has 6 nitrogen and oxygen atoms in total. The van der Waals surface area contributed by atoms with Crippen molar-refractivity contribution in [3.8, 4) is 0 Å². The lowest BCUT2D eigenvalue weighted by molar-refractivity contribution is 0.102. The molecule has 2 N–H and O–H groups in total. The molecule has 4 aromatic rings. The van der Waals surface area contributed by atoms with Crippen molar-refractivity contribution >= 4 is 34.2 Å². The van der Waals surface area contributed by atoms with Gasteiger partial charge in [0, 0.05) is 34.0 Å². The molecular formula is C23H16N2O4. The summed E-state index contributed by atoms with van der Waals surface area (Å²) in [5, 5.41) is 6.31. The fourth-order valence-corrected chi connectivity index (χ4v) is 2.85. The van der Waals surface area contributed by atoms with Crippen LogP contribution in [0.4, 0.5) is 11.4 Å². The van der Waals surface area contributed by atoms with Crippen LogP contribution in [0.2, 0.25) is 0 Å². The van der Waals surface area contributed by atoms with Crippen molar-refractivity contribution < 1.29 is 14.0 Å². The predicted molar refractivity (Wildman–Crippen MR) is 111 cm³/mol. The fraction of sp³-hybridized carbons (Fsp3) is 0. The third-order valence-electron chi connectivity index (χ3n) is 4.32. The molecular weight excluding hydrogens is 368 g/mol. The van der Waals surface area contributed by atoms with Crippen LogP contribution < -0.4 is 16.3 Å². The predicted octanol–water partition coefficient (Wildman–Crippen LogP) is 4.30. The topological polar surface area (TPSA) is 88.4 Å². The third-order valence-corrected chi connectivity index (χ3v) is 4.32. The molecule has 0 aliphatic rings. The lowest BCUT2D eigenvalue weighted by atomic mass is 10.1. The van der Waals surface area contributed by atoms with Crippen LogP contribution in [0.25, 0.3) is 11.0 Å². The minimum absolute atomic E-state index is 0.217. The highest BCUT2D eigenvalue weighted by Crippen LogP contribution is 2.19. The first-order chi connectivity index (χ1) is 14.1. The molecule has 1 aromatic heterocycles. The number of amides is 2. The lowest BCUT2D eigenvalue weighted by Crippen LogP contribution is -2.13. The fourth-order valence-electron chi connectivity index (χ4n) is 2.85. The van der Waals surface area contributed by atoms with Gasteiger partial charge in [0.1, 0.15) is 5.58 Å². The van der Waals surface area contributed by atoms with E-state index >= 15 is 0 Å². The van der Waals surface area contributed by atoms with Gasteiger partial charge >= 0.3 is 5.63 Å². The molecule has 0 unspecified atom stereocenters. The Hall–Kier alpha value is -4.19. The van der Waals surface area contributed by atoms with Crippen LogP contribution >= 0.6 is 0 Å². The molecule has 0 bridgehead atoms. The number of carbonyl (C=O) groups is 2. The molecule has 0 saturated heterocycles. The van der Waals surface area contributed by atoms with E-state index in [1.54, 1.807) is 72.8 Å². The number of anilines is 2. The van der Waals surface area contributed by atoms with Gasteiger partial charge in [0.25, 0.3) is 11.8 Å². The Morgan fingerprint density at radius 2 is 1.28 bits per heavy atom. The number of hydrogen-bond donors (Lipinski definition) is 2. The molecule has 4 rings (SSSR count). The summed E-state index contributed by atoms with van der Waals surface area (Å²) < 4.78 is 5.08. The van der Waals surface area contributed by atoms with Gasteiger partial charge in [-0.25, -0.2) is 4.79 Å². The third kappa shape index (κ3) is 4.22. The molecule has 29 heavy (non-hydrogen) atoms. The number of rotatable bonds is 4. The summed E-state index contributed by atoms with van der Waals surface area (Å²) in [6.45, 7) is 0. The maximum atomic E-state index is 12.5. The Balaban J connectivity index is 1.45. The van der Waals surface area contributed by atoms with Crippen LogP contribution in [0.5, 0.6) is 0 Å². The second kappa shape index (κ2) is 7.82. The number of carbonyl (C=O) groups excluding carboxylic acids is 2. The number of nitrogens with one attached hydrogen (secondary N) is 2. The molecule has 0 fully saturated rings. The summed E-state index contributed by atoms with van der Waals surface area (Å²) in [5.41, 5.74) is 2.21. The van der Waals surface area contributed by atoms with Crippen LogP contribution in [-0.2, 0) is 0 Å². The Morgan fingerprint density at radius 3 is 2.00 bits per heavy atom. The van der Waals surface area contributed by atoms with E-state index in [2.05, 4.69) is 10.6 Å². The average molecular weight is 384 g/mol. The minimum Gasteiger partial charge on any atom is -0.423 e. The van der Waals surface area contributed by atoms with Crippen molar-refractivity contribution in [3.63, 3.8) is 0 Å². The van der Waals surface area contributed by atoms with Gasteiger partial charge in [-0.2, -0.15) is 0 Å². The zero-order valence-corrected chi connectivity index (χ0v) is 15.2. The molecule has 0 radical (unpaired) electrons. The van der Waals surface area contributed by atoms with E-state index in [1.165, 1.54) is 6.07 Å². The van der Waals surface area contributed by atoms with Crippen molar-refractivity contribution in [1.29, 1.82) is 0 Å². The van der Waals surface area contributed by atoms with Crippen LogP contribution in [0.1, 0.15) is 20.7 Å². The van der Waals surface area contributed by atoms with E-state index in [-0.39, 0.29) is 11.8 Å². The minimum atomic E-state index is -0.422. The van der Waals surface area contributed by atoms with Crippen molar-refractivity contribution in [1.82, 2.24) is 0 Å². The van der Waals surface area contributed by atoms with Gasteiger partial charge in [-0.05, 0) is 60.7 Å². The van der Waals surface area contributed by atoms with Gasteiger partial charge in [-0.15, -0.1) is 0 Å². The van der Waals surface area contributed by atoms with Gasteiger partial charge < -0.3 is 15.1 Å². The van der Waals surface area contributed by atoms with Crippen LogP contribution in [0.3, 0.4) is 0 Å². The first-order valence-electron chi connectivity index (χ1n) is 8.90. The highest BCUT2D eigenvalue weighted by Gasteiger charge is 2.09. The van der Waals surface area contributed by atoms with Crippen LogP contribution in [-0.4, -0.2) is 11.8 Å². The summed E-state index contributed by atoms with van der Waals surface area (Å²) in [6.07, 6.45) is 0. The largest absolute Gasteiger partial charge is 0.423 e. The van der Waals surface area contributed by atoms with Crippen molar-refractivity contribution in [2.45, 2.75) is 0 Å². The van der Waals surface area contributed by atoms with E-state index < -0.39 is 5.63 Å². The summed E-state index contributed by atoms with van der Waals surface area (Å²) in [4.78, 5) is 35.9. The zero-order chi connectivity index (χ0) is 20.2. The van der Waals surface area contributed by atoms with Crippen molar-refractivity contribution in [2.75, 3.05) is 10.6 Å². The second-order valence-electron chi connectivity index (χ2n) is 6.36. The zero-order valence-electron chi connectivity index (χ0n) is 15.2. The number of benzene rings is 3. The van der Waals surface area contributed by atoms with E-state index in [1.807, 2.05) is 6.07 Å². The summed E-state index contributed by atoms with van der Waals surface area (Å²) in [7, 11) is 0. The van der Waals surface area contributed by atoms with Gasteiger partial charge in [-0.3, -0.25) is 9.59 Å². The maximum Gasteiger partial charge on any atom is 0.336 e. The molecule has 0 atom stereocenters. The molecule has 0 aliphatic heterocycles. The molecule has 0 aliphatic carbocycles. The summed E-state index contributed by atoms with van der Waals surface area (Å²) in [5.74, 6) is -0.506. The van der Waals surface area contributed by atoms with Crippen molar-refractivity contribution in [3.05, 3.63) is 106 Å². The molecule has 3 aromatic carbocycles. The Bertz CT molecular complexity index is 1250.